The summed E-state index contributed by atoms with van der Waals surface area (Å²) < 4.78 is 17.8. The van der Waals surface area contributed by atoms with Gasteiger partial charge < -0.3 is 13.9 Å². The summed E-state index contributed by atoms with van der Waals surface area (Å²) in [6.45, 7) is 17.9. The molecule has 20 heavy (non-hydrogen) atoms. The molecule has 1 heterocycles. The Balaban J connectivity index is 2.67. The van der Waals surface area contributed by atoms with Gasteiger partial charge >= 0.3 is 0 Å². The lowest BCUT2D eigenvalue weighted by Crippen LogP contribution is -2.62. The van der Waals surface area contributed by atoms with Crippen molar-refractivity contribution in [1.29, 1.82) is 0 Å². The quantitative estimate of drug-likeness (QED) is 0.390. The zero-order chi connectivity index (χ0) is 15.2. The van der Waals surface area contributed by atoms with Crippen molar-refractivity contribution < 1.29 is 13.9 Å². The second-order valence-corrected chi connectivity index (χ2v) is 12.9. The van der Waals surface area contributed by atoms with Crippen molar-refractivity contribution in [2.24, 2.45) is 0 Å². The van der Waals surface area contributed by atoms with Gasteiger partial charge in [0.15, 0.2) is 0 Å². The minimum absolute atomic E-state index is 0.162. The van der Waals surface area contributed by atoms with Gasteiger partial charge in [-0.25, -0.2) is 0 Å². The van der Waals surface area contributed by atoms with E-state index < -0.39 is 17.1 Å². The van der Waals surface area contributed by atoms with Crippen LogP contribution in [0.25, 0.3) is 0 Å². The first-order valence-electron chi connectivity index (χ1n) is 7.41. The van der Waals surface area contributed by atoms with Gasteiger partial charge in [0.05, 0.1) is 34.0 Å². The molecule has 0 aromatic carbocycles. The smallest absolute Gasteiger partial charge is 0.201 e. The van der Waals surface area contributed by atoms with Crippen molar-refractivity contribution in [3.63, 3.8) is 0 Å². The number of hydrogen-bond acceptors (Lipinski definition) is 4. The van der Waals surface area contributed by atoms with Gasteiger partial charge in [-0.3, -0.25) is 4.90 Å². The van der Waals surface area contributed by atoms with E-state index in [1.54, 1.807) is 6.08 Å². The fraction of sp³-hybridized carbons (Fsp3) is 0.857. The van der Waals surface area contributed by atoms with Crippen LogP contribution in [-0.2, 0) is 13.9 Å². The summed E-state index contributed by atoms with van der Waals surface area (Å²) in [5.41, 5.74) is 0. The second kappa shape index (κ2) is 8.45. The maximum absolute atomic E-state index is 6.25. The fourth-order valence-electron chi connectivity index (χ4n) is 2.68. The monoisotopic (exact) mass is 316 g/mol. The van der Waals surface area contributed by atoms with E-state index >= 15 is 0 Å². The number of hydrogen-bond donors (Lipinski definition) is 0. The number of ether oxygens (including phenoxy) is 2. The first-order chi connectivity index (χ1) is 9.39. The van der Waals surface area contributed by atoms with Crippen LogP contribution in [0, 0.1) is 0 Å². The molecule has 0 amide bonds. The van der Waals surface area contributed by atoms with Gasteiger partial charge in [-0.05, 0) is 20.0 Å². The summed E-state index contributed by atoms with van der Waals surface area (Å²) in [6, 6.07) is 0. The molecule has 1 saturated heterocycles. The van der Waals surface area contributed by atoms with E-state index in [-0.39, 0.29) is 12.0 Å². The summed E-state index contributed by atoms with van der Waals surface area (Å²) in [5, 5.41) is 0. The van der Waals surface area contributed by atoms with Crippen LogP contribution in [0.3, 0.4) is 0 Å². The highest BCUT2D eigenvalue weighted by Crippen LogP contribution is 2.21. The molecule has 1 radical (unpaired) electrons. The lowest BCUT2D eigenvalue weighted by molar-refractivity contribution is -0.0474. The van der Waals surface area contributed by atoms with Gasteiger partial charge in [0.2, 0.25) is 8.32 Å². The molecule has 1 aliphatic rings. The molecule has 0 saturated carbocycles. The van der Waals surface area contributed by atoms with Gasteiger partial charge in [-0.2, -0.15) is 0 Å². The lowest BCUT2D eigenvalue weighted by Gasteiger charge is -2.45. The summed E-state index contributed by atoms with van der Waals surface area (Å²) in [7, 11) is -2.18. The Kier molecular flexibility index (Phi) is 7.64. The largest absolute Gasteiger partial charge is 0.410 e. The van der Waals surface area contributed by atoms with Crippen molar-refractivity contribution in [2.75, 3.05) is 32.5 Å². The fourth-order valence-corrected chi connectivity index (χ4v) is 6.69. The van der Waals surface area contributed by atoms with Gasteiger partial charge in [0.25, 0.3) is 0 Å². The van der Waals surface area contributed by atoms with Crippen LogP contribution in [0.15, 0.2) is 12.7 Å². The topological polar surface area (TPSA) is 30.9 Å². The molecule has 2 atom stereocenters. The van der Waals surface area contributed by atoms with Crippen molar-refractivity contribution in [3.8, 4) is 0 Å². The standard InChI is InChI=1S/C14H30NO3Si2/c1-7-9-16-11-13-10-15(12-20(5,6)18-13)14(17-8-2)19(3)4/h7,13-14H,1,8-12H2,2-6H3. The maximum atomic E-state index is 6.25. The predicted molar refractivity (Wildman–Crippen MR) is 87.8 cm³/mol. The summed E-state index contributed by atoms with van der Waals surface area (Å²) in [5.74, 6) is 0.280. The Bertz CT molecular complexity index is 300. The molecule has 4 nitrogen and oxygen atoms in total. The molecule has 117 valence electrons. The van der Waals surface area contributed by atoms with Crippen LogP contribution in [0.5, 0.6) is 0 Å². The third-order valence-electron chi connectivity index (χ3n) is 3.20. The highest BCUT2D eigenvalue weighted by atomic mass is 28.4. The summed E-state index contributed by atoms with van der Waals surface area (Å²) in [6.07, 6.45) is 2.99. The molecule has 1 aliphatic heterocycles. The normalized spacial score (nSPS) is 24.8. The maximum Gasteiger partial charge on any atom is 0.201 e. The van der Waals surface area contributed by atoms with Crippen molar-refractivity contribution in [2.45, 2.75) is 45.1 Å². The minimum Gasteiger partial charge on any atom is -0.410 e. The molecule has 6 heteroatoms. The molecule has 0 aromatic rings. The third kappa shape index (κ3) is 5.79. The highest BCUT2D eigenvalue weighted by Gasteiger charge is 2.39. The molecule has 0 bridgehead atoms. The Morgan fingerprint density at radius 1 is 1.50 bits per heavy atom. The highest BCUT2D eigenvalue weighted by molar-refractivity contribution is 6.71. The van der Waals surface area contributed by atoms with E-state index in [0.717, 1.165) is 19.3 Å². The SMILES string of the molecule is C=CCOCC1CN(C(OCC)[Si](C)C)C[Si](C)(C)O1. The lowest BCUT2D eigenvalue weighted by atomic mass is 10.3. The van der Waals surface area contributed by atoms with Gasteiger partial charge in [-0.15, -0.1) is 6.58 Å². The van der Waals surface area contributed by atoms with E-state index in [2.05, 4.69) is 44.6 Å². The minimum atomic E-state index is -1.66. The predicted octanol–water partition coefficient (Wildman–Crippen LogP) is 2.29. The zero-order valence-electron chi connectivity index (χ0n) is 13.6. The van der Waals surface area contributed by atoms with E-state index in [9.17, 15) is 0 Å². The van der Waals surface area contributed by atoms with E-state index in [0.29, 0.717) is 13.2 Å². The average molecular weight is 317 g/mol. The molecule has 2 unspecified atom stereocenters. The van der Waals surface area contributed by atoms with Gasteiger partial charge in [-0.1, -0.05) is 19.2 Å². The molecule has 1 fully saturated rings. The summed E-state index contributed by atoms with van der Waals surface area (Å²) in [4.78, 5) is 2.50. The molecule has 0 N–H and O–H groups in total. The second-order valence-electron chi connectivity index (χ2n) is 6.14. The van der Waals surface area contributed by atoms with E-state index in [1.165, 1.54) is 0 Å². The molecule has 1 rings (SSSR count). The average Bonchev–Trinajstić information content (AvgIpc) is 2.34. The molecule has 0 spiro atoms. The van der Waals surface area contributed by atoms with Gasteiger partial charge in [0, 0.05) is 19.3 Å². The van der Waals surface area contributed by atoms with Gasteiger partial charge in [0.1, 0.15) is 0 Å². The Morgan fingerprint density at radius 3 is 2.75 bits per heavy atom. The van der Waals surface area contributed by atoms with Crippen LogP contribution >= 0.6 is 0 Å². The number of rotatable bonds is 8. The molecule has 0 aromatic heterocycles. The Morgan fingerprint density at radius 2 is 2.20 bits per heavy atom. The first kappa shape index (κ1) is 18.1. The van der Waals surface area contributed by atoms with Crippen molar-refractivity contribution >= 4 is 17.1 Å². The molecular weight excluding hydrogens is 286 g/mol. The van der Waals surface area contributed by atoms with E-state index in [4.69, 9.17) is 13.9 Å². The van der Waals surface area contributed by atoms with Crippen LogP contribution in [0.1, 0.15) is 6.92 Å². The van der Waals surface area contributed by atoms with Crippen molar-refractivity contribution in [1.82, 2.24) is 4.90 Å². The number of nitrogens with zero attached hydrogens (tertiary/aromatic N) is 1. The Labute approximate surface area is 126 Å². The molecule has 0 aliphatic carbocycles. The van der Waals surface area contributed by atoms with E-state index in [1.807, 2.05) is 0 Å². The summed E-state index contributed by atoms with van der Waals surface area (Å²) >= 11 is 0. The first-order valence-corrected chi connectivity index (χ1v) is 13.1. The van der Waals surface area contributed by atoms with Crippen molar-refractivity contribution in [3.05, 3.63) is 12.7 Å². The van der Waals surface area contributed by atoms with Crippen LogP contribution < -0.4 is 0 Å². The van der Waals surface area contributed by atoms with Crippen LogP contribution in [0.2, 0.25) is 26.2 Å². The zero-order valence-corrected chi connectivity index (χ0v) is 15.6. The van der Waals surface area contributed by atoms with Crippen LogP contribution in [-0.4, -0.2) is 66.5 Å². The third-order valence-corrected chi connectivity index (χ3v) is 6.86. The Hall–Kier alpha value is 0.0138. The molecular formula is C14H30NO3Si2. The van der Waals surface area contributed by atoms with Crippen LogP contribution in [0.4, 0.5) is 0 Å².